The number of nitrogens with zero attached hydrogens (tertiary/aromatic N) is 1. The first kappa shape index (κ1) is 24.1. The van der Waals surface area contributed by atoms with Gasteiger partial charge in [0.15, 0.2) is 0 Å². The zero-order valence-electron chi connectivity index (χ0n) is 20.9. The Balaban J connectivity index is 1.31. The Labute approximate surface area is 215 Å². The van der Waals surface area contributed by atoms with E-state index in [0.717, 1.165) is 41.1 Å². The standard InChI is InChI=1S/C29H33BrN2O3/c1-28(2,3)20-7-5-18(6-8-20)17-32-12-11-22-24(30)10-9-23(25(22)32)26(33)31-21-15-29(16-21)13-19(14-29)27(34)35-4/h5-12,19,21H,13-17H2,1-4H3,(H,31,33). The molecule has 2 saturated carbocycles. The lowest BCUT2D eigenvalue weighted by molar-refractivity contribution is -0.159. The largest absolute Gasteiger partial charge is 0.469 e. The summed E-state index contributed by atoms with van der Waals surface area (Å²) in [6.45, 7) is 7.36. The summed E-state index contributed by atoms with van der Waals surface area (Å²) in [5.74, 6) is -0.105. The molecule has 2 aliphatic carbocycles. The van der Waals surface area contributed by atoms with Crippen LogP contribution in [-0.4, -0.2) is 29.6 Å². The summed E-state index contributed by atoms with van der Waals surface area (Å²) < 4.78 is 8.01. The summed E-state index contributed by atoms with van der Waals surface area (Å²) in [5.41, 5.74) is 4.48. The minimum absolute atomic E-state index is 0.0310. The highest BCUT2D eigenvalue weighted by atomic mass is 79.9. The number of carbonyl (C=O) groups is 2. The molecule has 0 bridgehead atoms. The molecule has 1 spiro atoms. The number of amides is 1. The van der Waals surface area contributed by atoms with Gasteiger partial charge in [-0.1, -0.05) is 61.0 Å². The van der Waals surface area contributed by atoms with Crippen molar-refractivity contribution in [2.75, 3.05) is 7.11 Å². The van der Waals surface area contributed by atoms with Crippen molar-refractivity contribution in [1.29, 1.82) is 0 Å². The molecule has 0 saturated heterocycles. The second-order valence-corrected chi connectivity index (χ2v) is 12.3. The molecule has 2 fully saturated rings. The molecule has 0 radical (unpaired) electrons. The van der Waals surface area contributed by atoms with E-state index in [1.54, 1.807) is 0 Å². The van der Waals surface area contributed by atoms with Crippen LogP contribution in [0.25, 0.3) is 10.9 Å². The Morgan fingerprint density at radius 2 is 1.74 bits per heavy atom. The maximum absolute atomic E-state index is 13.4. The number of rotatable bonds is 5. The van der Waals surface area contributed by atoms with Crippen LogP contribution in [0.1, 0.15) is 67.9 Å². The Kier molecular flexibility index (Phi) is 6.07. The Morgan fingerprint density at radius 3 is 2.37 bits per heavy atom. The Hall–Kier alpha value is -2.60. The van der Waals surface area contributed by atoms with Gasteiger partial charge in [-0.2, -0.15) is 0 Å². The Bertz CT molecular complexity index is 1270. The lowest BCUT2D eigenvalue weighted by Crippen LogP contribution is -2.57. The molecule has 5 nitrogen and oxygen atoms in total. The quantitative estimate of drug-likeness (QED) is 0.394. The highest BCUT2D eigenvalue weighted by Crippen LogP contribution is 2.59. The number of aromatic nitrogens is 1. The summed E-state index contributed by atoms with van der Waals surface area (Å²) in [7, 11) is 1.45. The molecule has 0 atom stereocenters. The summed E-state index contributed by atoms with van der Waals surface area (Å²) in [5, 5.41) is 4.28. The number of fused-ring (bicyclic) bond motifs is 1. The van der Waals surface area contributed by atoms with E-state index in [0.29, 0.717) is 12.1 Å². The molecular formula is C29H33BrN2O3. The van der Waals surface area contributed by atoms with E-state index in [1.165, 1.54) is 18.2 Å². The van der Waals surface area contributed by atoms with E-state index in [9.17, 15) is 9.59 Å². The molecule has 1 N–H and O–H groups in total. The molecule has 6 heteroatoms. The summed E-state index contributed by atoms with van der Waals surface area (Å²) in [4.78, 5) is 25.1. The number of carbonyl (C=O) groups excluding carboxylic acids is 2. The van der Waals surface area contributed by atoms with E-state index in [4.69, 9.17) is 4.74 Å². The van der Waals surface area contributed by atoms with Crippen LogP contribution in [0.3, 0.4) is 0 Å². The van der Waals surface area contributed by atoms with Crippen molar-refractivity contribution in [1.82, 2.24) is 9.88 Å². The van der Waals surface area contributed by atoms with E-state index >= 15 is 0 Å². The van der Waals surface area contributed by atoms with Crippen LogP contribution in [0, 0.1) is 11.3 Å². The molecule has 35 heavy (non-hydrogen) atoms. The first-order chi connectivity index (χ1) is 16.6. The van der Waals surface area contributed by atoms with Gasteiger partial charge in [0.2, 0.25) is 0 Å². The highest BCUT2D eigenvalue weighted by Gasteiger charge is 2.55. The van der Waals surface area contributed by atoms with Gasteiger partial charge >= 0.3 is 5.97 Å². The highest BCUT2D eigenvalue weighted by molar-refractivity contribution is 9.10. The molecule has 2 aromatic carbocycles. The summed E-state index contributed by atoms with van der Waals surface area (Å²) in [6, 6.07) is 14.8. The van der Waals surface area contributed by atoms with Gasteiger partial charge in [-0.25, -0.2) is 0 Å². The summed E-state index contributed by atoms with van der Waals surface area (Å²) in [6.07, 6.45) is 5.69. The van der Waals surface area contributed by atoms with Gasteiger partial charge in [-0.15, -0.1) is 0 Å². The second-order valence-electron chi connectivity index (χ2n) is 11.5. The first-order valence-corrected chi connectivity index (χ1v) is 13.1. The van der Waals surface area contributed by atoms with E-state index < -0.39 is 0 Å². The summed E-state index contributed by atoms with van der Waals surface area (Å²) >= 11 is 3.66. The van der Waals surface area contributed by atoms with Gasteiger partial charge in [0.25, 0.3) is 5.91 Å². The minimum Gasteiger partial charge on any atom is -0.469 e. The van der Waals surface area contributed by atoms with Gasteiger partial charge < -0.3 is 14.6 Å². The van der Waals surface area contributed by atoms with Gasteiger partial charge in [0, 0.05) is 28.6 Å². The number of hydrogen-bond donors (Lipinski definition) is 1. The molecule has 0 unspecified atom stereocenters. The third-order valence-electron chi connectivity index (χ3n) is 7.88. The zero-order valence-corrected chi connectivity index (χ0v) is 22.4. The third kappa shape index (κ3) is 4.53. The van der Waals surface area contributed by atoms with Crippen LogP contribution in [0.15, 0.2) is 53.1 Å². The molecular weight excluding hydrogens is 504 g/mol. The topological polar surface area (TPSA) is 60.3 Å². The zero-order chi connectivity index (χ0) is 25.0. The molecule has 184 valence electrons. The number of halogens is 1. The van der Waals surface area contributed by atoms with Crippen molar-refractivity contribution >= 4 is 38.7 Å². The molecule has 0 aliphatic heterocycles. The molecule has 3 aromatic rings. The molecule has 1 heterocycles. The van der Waals surface area contributed by atoms with Crippen molar-refractivity contribution in [3.63, 3.8) is 0 Å². The number of hydrogen-bond acceptors (Lipinski definition) is 3. The van der Waals surface area contributed by atoms with Crippen molar-refractivity contribution < 1.29 is 14.3 Å². The van der Waals surface area contributed by atoms with Crippen LogP contribution in [-0.2, 0) is 21.5 Å². The lowest BCUT2D eigenvalue weighted by atomic mass is 9.50. The SMILES string of the molecule is COC(=O)C1CC2(CC(NC(=O)c3ccc(Br)c4ccn(Cc5ccc(C(C)(C)C)cc5)c34)C2)C1. The fourth-order valence-corrected chi connectivity index (χ4v) is 6.37. The van der Waals surface area contributed by atoms with Crippen LogP contribution in [0.2, 0.25) is 0 Å². The maximum atomic E-state index is 13.4. The molecule has 5 rings (SSSR count). The number of ether oxygens (including phenoxy) is 1. The van der Waals surface area contributed by atoms with Gasteiger partial charge in [-0.3, -0.25) is 9.59 Å². The minimum atomic E-state index is -0.103. The second kappa shape index (κ2) is 8.81. The van der Waals surface area contributed by atoms with Crippen LogP contribution >= 0.6 is 15.9 Å². The van der Waals surface area contributed by atoms with Gasteiger partial charge in [0.05, 0.1) is 24.1 Å². The molecule has 1 aromatic heterocycles. The Morgan fingerprint density at radius 1 is 1.06 bits per heavy atom. The number of methoxy groups -OCH3 is 1. The van der Waals surface area contributed by atoms with Crippen molar-refractivity contribution in [3.8, 4) is 0 Å². The maximum Gasteiger partial charge on any atom is 0.308 e. The van der Waals surface area contributed by atoms with E-state index in [-0.39, 0.29) is 34.7 Å². The monoisotopic (exact) mass is 536 g/mol. The molecule has 2 aliphatic rings. The predicted octanol–water partition coefficient (Wildman–Crippen LogP) is 6.21. The average molecular weight is 537 g/mol. The first-order valence-electron chi connectivity index (χ1n) is 12.3. The van der Waals surface area contributed by atoms with Crippen LogP contribution < -0.4 is 5.32 Å². The lowest BCUT2D eigenvalue weighted by Gasteiger charge is -2.56. The number of benzene rings is 2. The van der Waals surface area contributed by atoms with Crippen molar-refractivity contribution in [2.45, 2.75) is 64.5 Å². The third-order valence-corrected chi connectivity index (χ3v) is 8.57. The smallest absolute Gasteiger partial charge is 0.308 e. The fourth-order valence-electron chi connectivity index (χ4n) is 5.92. The number of nitrogens with one attached hydrogen (secondary N) is 1. The molecule has 1 amide bonds. The van der Waals surface area contributed by atoms with Gasteiger partial charge in [0.1, 0.15) is 0 Å². The van der Waals surface area contributed by atoms with E-state index in [1.807, 2.05) is 12.1 Å². The van der Waals surface area contributed by atoms with Crippen molar-refractivity contribution in [3.05, 3.63) is 69.8 Å². The fraction of sp³-hybridized carbons (Fsp3) is 0.448. The van der Waals surface area contributed by atoms with Crippen molar-refractivity contribution in [2.24, 2.45) is 11.3 Å². The predicted molar refractivity (Wildman–Crippen MR) is 142 cm³/mol. The van der Waals surface area contributed by atoms with Crippen LogP contribution in [0.5, 0.6) is 0 Å². The average Bonchev–Trinajstić information content (AvgIpc) is 3.18. The normalized spacial score (nSPS) is 23.6. The van der Waals surface area contributed by atoms with E-state index in [2.05, 4.69) is 83.1 Å². The number of esters is 1. The van der Waals surface area contributed by atoms with Crippen LogP contribution in [0.4, 0.5) is 0 Å². The van der Waals surface area contributed by atoms with Gasteiger partial charge in [-0.05, 0) is 65.8 Å².